The molecule has 2 saturated heterocycles. The molecule has 3 aliphatic heterocycles. The Hall–Kier alpha value is -7.17. The van der Waals surface area contributed by atoms with Crippen LogP contribution >= 0.6 is 11.3 Å². The monoisotopic (exact) mass is 1070 g/mol. The van der Waals surface area contributed by atoms with Crippen LogP contribution in [0.25, 0.3) is 32.2 Å². The minimum absolute atomic E-state index is 0.121. The highest BCUT2D eigenvalue weighted by Crippen LogP contribution is 2.39. The molecule has 2 N–H and O–H groups in total. The van der Waals surface area contributed by atoms with Crippen LogP contribution in [-0.4, -0.2) is 99.3 Å². The third kappa shape index (κ3) is 11.5. The van der Waals surface area contributed by atoms with E-state index in [0.717, 1.165) is 120 Å². The third-order valence-electron chi connectivity index (χ3n) is 16.3. The number of piperidine rings is 1. The van der Waals surface area contributed by atoms with Crippen molar-refractivity contribution in [3.8, 4) is 16.9 Å². The number of hydrogen-bond acceptors (Lipinski definition) is 13. The number of carbonyl (C=O) groups excluding carboxylic acids is 4. The molecule has 6 heterocycles. The molecule has 0 spiro atoms. The fraction of sp³-hybridized carbons (Fsp3) is 0.435. The quantitative estimate of drug-likeness (QED) is 0.0784. The molecule has 7 aromatic rings. The van der Waals surface area contributed by atoms with Crippen LogP contribution in [0.15, 0.2) is 91.0 Å². The van der Waals surface area contributed by atoms with Gasteiger partial charge in [0.05, 0.1) is 33.4 Å². The van der Waals surface area contributed by atoms with Crippen molar-refractivity contribution in [3.05, 3.63) is 125 Å². The smallest absolute Gasteiger partial charge is 0.358 e. The molecule has 1 aliphatic carbocycles. The number of piperazine rings is 1. The largest absolute Gasteiger partial charge is 0.490 e. The minimum atomic E-state index is -0.732. The molecule has 4 aliphatic rings. The van der Waals surface area contributed by atoms with Gasteiger partial charge in [-0.3, -0.25) is 34.6 Å². The lowest BCUT2D eigenvalue weighted by atomic mass is 9.83. The number of esters is 1. The van der Waals surface area contributed by atoms with E-state index in [4.69, 9.17) is 19.6 Å². The van der Waals surface area contributed by atoms with Gasteiger partial charge in [-0.05, 0) is 161 Å². The molecule has 15 nitrogen and oxygen atoms in total. The van der Waals surface area contributed by atoms with Crippen LogP contribution in [0.3, 0.4) is 0 Å². The maximum Gasteiger partial charge on any atom is 0.358 e. The lowest BCUT2D eigenvalue weighted by Crippen LogP contribution is -2.47. The zero-order valence-electron chi connectivity index (χ0n) is 45.8. The number of nitrogens with one attached hydrogen (secondary N) is 2. The van der Waals surface area contributed by atoms with E-state index in [1.54, 1.807) is 0 Å². The Morgan fingerprint density at radius 3 is 2.42 bits per heavy atom. The number of hydrogen-bond donors (Lipinski definition) is 2. The van der Waals surface area contributed by atoms with Gasteiger partial charge in [0.2, 0.25) is 11.8 Å². The number of ether oxygens (including phenoxy) is 2. The van der Waals surface area contributed by atoms with Crippen molar-refractivity contribution in [1.29, 1.82) is 0 Å². The van der Waals surface area contributed by atoms with Crippen molar-refractivity contribution in [3.63, 3.8) is 0 Å². The van der Waals surface area contributed by atoms with Gasteiger partial charge in [-0.1, -0.05) is 61.1 Å². The molecule has 16 heteroatoms. The van der Waals surface area contributed by atoms with E-state index in [-0.39, 0.29) is 29.5 Å². The van der Waals surface area contributed by atoms with Crippen LogP contribution in [0, 0.1) is 18.8 Å². The number of anilines is 3. The second-order valence-corrected chi connectivity index (χ2v) is 24.0. The predicted octanol–water partition coefficient (Wildman–Crippen LogP) is 11.0. The Bertz CT molecular complexity index is 3370. The Balaban J connectivity index is 0.684. The zero-order chi connectivity index (χ0) is 54.2. The van der Waals surface area contributed by atoms with Gasteiger partial charge in [0, 0.05) is 81.5 Å². The molecule has 0 radical (unpaired) electrons. The van der Waals surface area contributed by atoms with Crippen LogP contribution in [0.5, 0.6) is 5.75 Å². The highest BCUT2D eigenvalue weighted by Gasteiger charge is 2.33. The number of aryl methyl sites for hydroxylation is 1. The van der Waals surface area contributed by atoms with E-state index in [1.165, 1.54) is 29.9 Å². The first kappa shape index (κ1) is 52.9. The van der Waals surface area contributed by atoms with Gasteiger partial charge in [0.25, 0.3) is 5.91 Å². The van der Waals surface area contributed by atoms with Gasteiger partial charge in [-0.2, -0.15) is 5.10 Å². The summed E-state index contributed by atoms with van der Waals surface area (Å²) in [5, 5.41) is 11.8. The number of thiazole rings is 1. The first-order valence-corrected chi connectivity index (χ1v) is 28.7. The number of pyridine rings is 1. The Labute approximate surface area is 460 Å². The van der Waals surface area contributed by atoms with E-state index >= 15 is 0 Å². The zero-order valence-corrected chi connectivity index (χ0v) is 46.6. The second-order valence-electron chi connectivity index (χ2n) is 23.0. The first-order valence-electron chi connectivity index (χ1n) is 27.9. The van der Waals surface area contributed by atoms with Gasteiger partial charge < -0.3 is 19.3 Å². The lowest BCUT2D eigenvalue weighted by Gasteiger charge is -2.37. The number of para-hydroxylation sites is 1. The first-order chi connectivity index (χ1) is 37.6. The Morgan fingerprint density at radius 2 is 1.64 bits per heavy atom. The van der Waals surface area contributed by atoms with Crippen LogP contribution in [0.1, 0.15) is 128 Å². The molecule has 3 fully saturated rings. The number of imide groups is 1. The molecule has 2 atom stereocenters. The van der Waals surface area contributed by atoms with Crippen LogP contribution < -0.4 is 25.2 Å². The number of carbonyl (C=O) groups is 4. The van der Waals surface area contributed by atoms with Gasteiger partial charge in [-0.25, -0.2) is 14.8 Å². The lowest BCUT2D eigenvalue weighted by molar-refractivity contribution is -0.134. The summed E-state index contributed by atoms with van der Waals surface area (Å²) in [5.41, 5.74) is 8.46. The van der Waals surface area contributed by atoms with Crippen molar-refractivity contribution in [2.75, 3.05) is 54.4 Å². The topological polar surface area (TPSA) is 164 Å². The van der Waals surface area contributed by atoms with Crippen molar-refractivity contribution < 1.29 is 28.7 Å². The predicted molar refractivity (Wildman–Crippen MR) is 308 cm³/mol. The fourth-order valence-corrected chi connectivity index (χ4v) is 12.9. The maximum atomic E-state index is 14.1. The fourth-order valence-electron chi connectivity index (χ4n) is 12.1. The van der Waals surface area contributed by atoms with Crippen molar-refractivity contribution >= 4 is 72.8 Å². The molecular weight excluding hydrogens is 999 g/mol. The maximum absolute atomic E-state index is 14.1. The number of amides is 3. The summed E-state index contributed by atoms with van der Waals surface area (Å²) < 4.78 is 15.7. The average molecular weight is 1070 g/mol. The van der Waals surface area contributed by atoms with Gasteiger partial charge in [0.15, 0.2) is 10.8 Å². The summed E-state index contributed by atoms with van der Waals surface area (Å²) in [5.74, 6) is 1.20. The van der Waals surface area contributed by atoms with Crippen LogP contribution in [-0.2, 0) is 34.3 Å². The van der Waals surface area contributed by atoms with E-state index in [1.807, 2.05) is 99.2 Å². The van der Waals surface area contributed by atoms with Crippen molar-refractivity contribution in [1.82, 2.24) is 30.0 Å². The summed E-state index contributed by atoms with van der Waals surface area (Å²) in [4.78, 5) is 69.3. The Morgan fingerprint density at radius 1 is 0.846 bits per heavy atom. The molecule has 1 unspecified atom stereocenters. The number of rotatable bonds is 14. The summed E-state index contributed by atoms with van der Waals surface area (Å²) in [6.45, 7) is 16.3. The Kier molecular flexibility index (Phi) is 15.1. The third-order valence-corrected chi connectivity index (χ3v) is 17.3. The van der Waals surface area contributed by atoms with E-state index in [9.17, 15) is 19.2 Å². The molecule has 11 rings (SSSR count). The minimum Gasteiger partial charge on any atom is -0.490 e. The van der Waals surface area contributed by atoms with Gasteiger partial charge in [0.1, 0.15) is 17.2 Å². The highest BCUT2D eigenvalue weighted by atomic mass is 32.1. The standard InChI is InChI=1S/C62H71N9O6S/c1-38(36-69-31-33-70(34-32-69)42-21-24-47-51(35-42)68(6)67-56(47)48-26-28-55(72)65-59(48)74)17-18-40-19-22-43(23-20-40)76-52-15-10-12-44(39(52)2)45-25-27-54(64-57(45)60(75)77-62(3,4)5)71-30-29-41-11-9-13-46(49(41)37-71)58(73)66-61-63-50-14-7-8-16-53(50)78-61/h7-16,21,24-25,27,35,38,40,43,48H,17-20,22-23,26,28-34,36-37H2,1-6H3,(H,63,66,73)(H,65,72,74)/t38-,40-,43-,48?/m1/s1. The van der Waals surface area contributed by atoms with Crippen LogP contribution in [0.2, 0.25) is 0 Å². The van der Waals surface area contributed by atoms with Crippen molar-refractivity contribution in [2.45, 2.75) is 117 Å². The second kappa shape index (κ2) is 22.3. The highest BCUT2D eigenvalue weighted by molar-refractivity contribution is 7.22. The average Bonchev–Trinajstić information content (AvgIpc) is 4.11. The molecule has 3 aromatic heterocycles. The molecular formula is C62H71N9O6S. The summed E-state index contributed by atoms with van der Waals surface area (Å²) >= 11 is 1.45. The molecule has 3 amide bonds. The normalized spacial score (nSPS) is 19.6. The SMILES string of the molecule is Cc1c(O[C@H]2CC[C@H](CC[C@@H](C)CN3CCN(c4ccc5c(C6CCC(=O)NC6=O)nn(C)c5c4)CC3)CC2)cccc1-c1ccc(N2CCc3cccc(C(=O)Nc4nc5ccccc5s4)c3C2)nc1C(=O)OC(C)(C)C. The number of benzene rings is 4. The molecule has 0 bridgehead atoms. The van der Waals surface area contributed by atoms with E-state index in [0.29, 0.717) is 59.8 Å². The van der Waals surface area contributed by atoms with Gasteiger partial charge in [-0.15, -0.1) is 0 Å². The van der Waals surface area contributed by atoms with E-state index < -0.39 is 17.5 Å². The molecule has 78 heavy (non-hydrogen) atoms. The molecule has 4 aromatic carbocycles. The van der Waals surface area contributed by atoms with Gasteiger partial charge >= 0.3 is 5.97 Å². The molecule has 1 saturated carbocycles. The van der Waals surface area contributed by atoms with Crippen molar-refractivity contribution in [2.24, 2.45) is 18.9 Å². The summed E-state index contributed by atoms with van der Waals surface area (Å²) in [6, 6.07) is 30.2. The number of fused-ring (bicyclic) bond motifs is 3. The number of aromatic nitrogens is 4. The summed E-state index contributed by atoms with van der Waals surface area (Å²) in [7, 11) is 1.93. The summed E-state index contributed by atoms with van der Waals surface area (Å²) in [6.07, 6.45) is 8.43. The van der Waals surface area contributed by atoms with E-state index in [2.05, 4.69) is 68.4 Å². The number of nitrogens with zero attached hydrogens (tertiary/aromatic N) is 7. The molecule has 406 valence electrons. The van der Waals surface area contributed by atoms with Crippen LogP contribution in [0.4, 0.5) is 16.6 Å².